The predicted molar refractivity (Wildman–Crippen MR) is 72.5 cm³/mol. The number of nitrogens with two attached hydrogens (primary N) is 2. The summed E-state index contributed by atoms with van der Waals surface area (Å²) >= 11 is 0. The molecule has 0 atom stereocenters. The Hall–Kier alpha value is -2.57. The highest BCUT2D eigenvalue weighted by molar-refractivity contribution is 5.94. The number of hydrogen-bond donors (Lipinski definition) is 3. The average molecular weight is 260 g/mol. The van der Waals surface area contributed by atoms with Gasteiger partial charge in [0.1, 0.15) is 0 Å². The van der Waals surface area contributed by atoms with Crippen LogP contribution in [0.3, 0.4) is 0 Å². The number of primary amides is 1. The number of benzene rings is 1. The van der Waals surface area contributed by atoms with E-state index in [9.17, 15) is 4.79 Å². The summed E-state index contributed by atoms with van der Waals surface area (Å²) in [6, 6.07) is 4.98. The van der Waals surface area contributed by atoms with Gasteiger partial charge in [0, 0.05) is 24.8 Å². The fourth-order valence-corrected chi connectivity index (χ4v) is 1.69. The lowest BCUT2D eigenvalue weighted by Crippen LogP contribution is -2.12. The quantitative estimate of drug-likeness (QED) is 0.516. The van der Waals surface area contributed by atoms with E-state index in [1.165, 1.54) is 0 Å². The van der Waals surface area contributed by atoms with Crippen LogP contribution in [0.4, 0.5) is 11.4 Å². The minimum atomic E-state index is -0.482. The van der Waals surface area contributed by atoms with E-state index in [-0.39, 0.29) is 0 Å². The van der Waals surface area contributed by atoms with Crippen molar-refractivity contribution in [3.05, 3.63) is 36.2 Å². The Kier molecular flexibility index (Phi) is 3.97. The second-order valence-corrected chi connectivity index (χ2v) is 4.11. The molecule has 0 aliphatic carbocycles. The highest BCUT2D eigenvalue weighted by atomic mass is 16.1. The first-order chi connectivity index (χ1) is 9.16. The van der Waals surface area contributed by atoms with E-state index >= 15 is 0 Å². The number of carbonyl (C=O) groups is 1. The molecule has 7 nitrogen and oxygen atoms in total. The van der Waals surface area contributed by atoms with Gasteiger partial charge in [0.15, 0.2) is 0 Å². The Morgan fingerprint density at radius 1 is 1.42 bits per heavy atom. The van der Waals surface area contributed by atoms with E-state index in [0.29, 0.717) is 11.3 Å². The minimum Gasteiger partial charge on any atom is -0.397 e. The molecule has 100 valence electrons. The number of nitrogens with zero attached hydrogens (tertiary/aromatic N) is 3. The van der Waals surface area contributed by atoms with Crippen LogP contribution in [0, 0.1) is 0 Å². The first-order valence-corrected chi connectivity index (χ1v) is 5.94. The van der Waals surface area contributed by atoms with E-state index in [1.807, 2.05) is 6.20 Å². The number of hydrogen-bond acceptors (Lipinski definition) is 5. The van der Waals surface area contributed by atoms with Crippen molar-refractivity contribution in [1.29, 1.82) is 0 Å². The zero-order valence-electron chi connectivity index (χ0n) is 10.4. The van der Waals surface area contributed by atoms with Crippen LogP contribution in [0.15, 0.2) is 30.6 Å². The Labute approximate surface area is 110 Å². The van der Waals surface area contributed by atoms with E-state index < -0.39 is 5.91 Å². The summed E-state index contributed by atoms with van der Waals surface area (Å²) in [4.78, 5) is 11.0. The van der Waals surface area contributed by atoms with Gasteiger partial charge in [0.2, 0.25) is 5.91 Å². The van der Waals surface area contributed by atoms with Gasteiger partial charge < -0.3 is 16.8 Å². The molecule has 1 amide bonds. The van der Waals surface area contributed by atoms with Crippen molar-refractivity contribution in [1.82, 2.24) is 15.0 Å². The molecule has 1 aromatic carbocycles. The molecule has 0 aliphatic heterocycles. The van der Waals surface area contributed by atoms with E-state index in [4.69, 9.17) is 11.5 Å². The van der Waals surface area contributed by atoms with Crippen LogP contribution in [0.2, 0.25) is 0 Å². The third-order valence-electron chi connectivity index (χ3n) is 2.69. The zero-order valence-corrected chi connectivity index (χ0v) is 10.4. The van der Waals surface area contributed by atoms with E-state index in [1.54, 1.807) is 29.1 Å². The molecule has 0 saturated carbocycles. The van der Waals surface area contributed by atoms with Crippen LogP contribution in [0.5, 0.6) is 0 Å². The van der Waals surface area contributed by atoms with Crippen LogP contribution in [-0.4, -0.2) is 27.4 Å². The molecule has 0 saturated heterocycles. The highest BCUT2D eigenvalue weighted by Crippen LogP contribution is 2.19. The number of amides is 1. The topological polar surface area (TPSA) is 112 Å². The summed E-state index contributed by atoms with van der Waals surface area (Å²) in [6.45, 7) is 1.53. The van der Waals surface area contributed by atoms with Crippen LogP contribution in [-0.2, 0) is 6.54 Å². The number of anilines is 2. The van der Waals surface area contributed by atoms with Crippen molar-refractivity contribution in [2.75, 3.05) is 17.6 Å². The number of aromatic nitrogens is 3. The third-order valence-corrected chi connectivity index (χ3v) is 2.69. The summed E-state index contributed by atoms with van der Waals surface area (Å²) in [6.07, 6.45) is 4.35. The van der Waals surface area contributed by atoms with E-state index in [2.05, 4.69) is 15.6 Å². The molecule has 0 fully saturated rings. The van der Waals surface area contributed by atoms with Crippen LogP contribution in [0.1, 0.15) is 16.8 Å². The summed E-state index contributed by atoms with van der Waals surface area (Å²) in [5.41, 5.74) is 12.7. The molecular formula is C12H16N6O. The molecule has 7 heteroatoms. The van der Waals surface area contributed by atoms with Crippen molar-refractivity contribution in [2.45, 2.75) is 13.0 Å². The number of nitrogen functional groups attached to an aromatic ring is 1. The van der Waals surface area contributed by atoms with Gasteiger partial charge in [-0.25, -0.2) is 0 Å². The molecule has 19 heavy (non-hydrogen) atoms. The van der Waals surface area contributed by atoms with Crippen LogP contribution >= 0.6 is 0 Å². The molecule has 0 unspecified atom stereocenters. The van der Waals surface area contributed by atoms with Gasteiger partial charge in [0.05, 0.1) is 17.6 Å². The molecule has 1 aromatic heterocycles. The minimum absolute atomic E-state index is 0.408. The van der Waals surface area contributed by atoms with Crippen molar-refractivity contribution in [3.63, 3.8) is 0 Å². The highest BCUT2D eigenvalue weighted by Gasteiger charge is 2.04. The normalized spacial score (nSPS) is 10.3. The summed E-state index contributed by atoms with van der Waals surface area (Å²) in [5, 5.41) is 10.8. The maximum atomic E-state index is 11.0. The largest absolute Gasteiger partial charge is 0.397 e. The molecular weight excluding hydrogens is 244 g/mol. The molecule has 0 spiro atoms. The van der Waals surface area contributed by atoms with Gasteiger partial charge in [-0.2, -0.15) is 0 Å². The molecule has 2 rings (SSSR count). The van der Waals surface area contributed by atoms with Gasteiger partial charge in [0.25, 0.3) is 0 Å². The van der Waals surface area contributed by atoms with Crippen LogP contribution < -0.4 is 16.8 Å². The van der Waals surface area contributed by atoms with Gasteiger partial charge in [-0.05, 0) is 24.6 Å². The third kappa shape index (κ3) is 3.44. The molecule has 0 aliphatic rings. The standard InChI is InChI=1S/C12H16N6O/c13-10-8-9(12(14)19)2-3-11(10)15-4-1-6-18-7-5-16-17-18/h2-3,5,7-8,15H,1,4,6,13H2,(H2,14,19). The van der Waals surface area contributed by atoms with E-state index in [0.717, 1.165) is 25.2 Å². The molecule has 0 bridgehead atoms. The van der Waals surface area contributed by atoms with Crippen molar-refractivity contribution < 1.29 is 4.79 Å². The Balaban J connectivity index is 1.84. The summed E-state index contributed by atoms with van der Waals surface area (Å²) in [7, 11) is 0. The summed E-state index contributed by atoms with van der Waals surface area (Å²) in [5.74, 6) is -0.482. The zero-order chi connectivity index (χ0) is 13.7. The average Bonchev–Trinajstić information content (AvgIpc) is 2.89. The maximum Gasteiger partial charge on any atom is 0.248 e. The monoisotopic (exact) mass is 260 g/mol. The summed E-state index contributed by atoms with van der Waals surface area (Å²) < 4.78 is 1.77. The molecule has 5 N–H and O–H groups in total. The SMILES string of the molecule is NC(=O)c1ccc(NCCCn2ccnn2)c(N)c1. The first kappa shape index (κ1) is 12.9. The van der Waals surface area contributed by atoms with Crippen molar-refractivity contribution >= 4 is 17.3 Å². The van der Waals surface area contributed by atoms with Crippen LogP contribution in [0.25, 0.3) is 0 Å². The second kappa shape index (κ2) is 5.85. The lowest BCUT2D eigenvalue weighted by Gasteiger charge is -2.10. The molecule has 0 radical (unpaired) electrons. The van der Waals surface area contributed by atoms with Crippen molar-refractivity contribution in [3.8, 4) is 0 Å². The Bertz CT molecular complexity index is 551. The number of rotatable bonds is 6. The smallest absolute Gasteiger partial charge is 0.248 e. The van der Waals surface area contributed by atoms with Crippen molar-refractivity contribution in [2.24, 2.45) is 5.73 Å². The van der Waals surface area contributed by atoms with Gasteiger partial charge in [-0.1, -0.05) is 5.21 Å². The van der Waals surface area contributed by atoms with Gasteiger partial charge in [-0.15, -0.1) is 5.10 Å². The lowest BCUT2D eigenvalue weighted by atomic mass is 10.1. The van der Waals surface area contributed by atoms with Gasteiger partial charge in [-0.3, -0.25) is 9.48 Å². The second-order valence-electron chi connectivity index (χ2n) is 4.11. The Morgan fingerprint density at radius 3 is 2.89 bits per heavy atom. The van der Waals surface area contributed by atoms with Gasteiger partial charge >= 0.3 is 0 Å². The predicted octanol–water partition coefficient (Wildman–Crippen LogP) is 0.461. The Morgan fingerprint density at radius 2 is 2.26 bits per heavy atom. The fraction of sp³-hybridized carbons (Fsp3) is 0.250. The number of nitrogens with one attached hydrogen (secondary N) is 1. The lowest BCUT2D eigenvalue weighted by molar-refractivity contribution is 0.100. The maximum absolute atomic E-state index is 11.0. The first-order valence-electron chi connectivity index (χ1n) is 5.94. The fourth-order valence-electron chi connectivity index (χ4n) is 1.69. The number of carbonyl (C=O) groups excluding carboxylic acids is 1. The number of aryl methyl sites for hydroxylation is 1. The molecule has 1 heterocycles. The molecule has 2 aromatic rings.